The molecule has 0 fully saturated rings. The van der Waals surface area contributed by atoms with E-state index in [1.165, 1.54) is 23.3 Å². The molecule has 0 saturated carbocycles. The third kappa shape index (κ3) is 2.65. The van der Waals surface area contributed by atoms with Gasteiger partial charge < -0.3 is 9.84 Å². The molecule has 20 heavy (non-hydrogen) atoms. The Hall–Kier alpha value is -0.840. The zero-order chi connectivity index (χ0) is 14.1. The number of aliphatic hydroxyl groups is 1. The first-order valence-corrected chi connectivity index (χ1v) is 8.43. The van der Waals surface area contributed by atoms with Crippen LogP contribution in [0.4, 0.5) is 0 Å². The molecule has 0 radical (unpaired) electrons. The summed E-state index contributed by atoms with van der Waals surface area (Å²) in [6.45, 7) is 0. The minimum Gasteiger partial charge on any atom is -0.496 e. The molecule has 4 heteroatoms. The van der Waals surface area contributed by atoms with Crippen molar-refractivity contribution in [2.75, 3.05) is 7.11 Å². The van der Waals surface area contributed by atoms with Crippen LogP contribution in [0.3, 0.4) is 0 Å². The second kappa shape index (κ2) is 5.88. The number of halogens is 1. The van der Waals surface area contributed by atoms with E-state index in [2.05, 4.69) is 22.0 Å². The van der Waals surface area contributed by atoms with Crippen molar-refractivity contribution in [1.82, 2.24) is 0 Å². The number of aryl methyl sites for hydroxylation is 2. The van der Waals surface area contributed by atoms with E-state index >= 15 is 0 Å². The van der Waals surface area contributed by atoms with Crippen LogP contribution < -0.4 is 4.74 Å². The van der Waals surface area contributed by atoms with Gasteiger partial charge in [-0.15, -0.1) is 11.3 Å². The topological polar surface area (TPSA) is 29.5 Å². The highest BCUT2D eigenvalue weighted by Crippen LogP contribution is 2.38. The summed E-state index contributed by atoms with van der Waals surface area (Å²) in [7, 11) is 1.64. The summed E-state index contributed by atoms with van der Waals surface area (Å²) < 4.78 is 6.32. The zero-order valence-electron chi connectivity index (χ0n) is 11.4. The molecule has 0 aliphatic heterocycles. The van der Waals surface area contributed by atoms with Gasteiger partial charge in [0, 0.05) is 19.8 Å². The Balaban J connectivity index is 1.97. The standard InChI is InChI=1S/C16H17BrO2S/c1-19-13-7-6-11(17)9-12(13)16(18)15-8-10-4-2-3-5-14(10)20-15/h6-9,16,18H,2-5H2,1H3. The molecule has 1 aromatic heterocycles. The van der Waals surface area contributed by atoms with Crippen LogP contribution in [0.15, 0.2) is 28.7 Å². The average molecular weight is 353 g/mol. The van der Waals surface area contributed by atoms with E-state index in [4.69, 9.17) is 4.74 Å². The lowest BCUT2D eigenvalue weighted by Crippen LogP contribution is -2.00. The van der Waals surface area contributed by atoms with Crippen molar-refractivity contribution in [2.24, 2.45) is 0 Å². The van der Waals surface area contributed by atoms with Crippen molar-refractivity contribution in [1.29, 1.82) is 0 Å². The number of methoxy groups -OCH3 is 1. The maximum absolute atomic E-state index is 10.7. The number of fused-ring (bicyclic) bond motifs is 1. The smallest absolute Gasteiger partial charge is 0.125 e. The molecular weight excluding hydrogens is 336 g/mol. The van der Waals surface area contributed by atoms with E-state index in [0.29, 0.717) is 0 Å². The Morgan fingerprint density at radius 1 is 1.25 bits per heavy atom. The third-order valence-corrected chi connectivity index (χ3v) is 5.55. The van der Waals surface area contributed by atoms with Crippen LogP contribution in [0.5, 0.6) is 5.75 Å². The maximum Gasteiger partial charge on any atom is 0.125 e. The first-order valence-electron chi connectivity index (χ1n) is 6.82. The van der Waals surface area contributed by atoms with E-state index in [9.17, 15) is 5.11 Å². The van der Waals surface area contributed by atoms with Crippen molar-refractivity contribution in [3.05, 3.63) is 49.6 Å². The molecule has 0 amide bonds. The van der Waals surface area contributed by atoms with Gasteiger partial charge in [-0.2, -0.15) is 0 Å². The molecule has 1 unspecified atom stereocenters. The van der Waals surface area contributed by atoms with Crippen LogP contribution >= 0.6 is 27.3 Å². The molecule has 1 aromatic carbocycles. The van der Waals surface area contributed by atoms with E-state index < -0.39 is 6.10 Å². The highest BCUT2D eigenvalue weighted by Gasteiger charge is 2.21. The van der Waals surface area contributed by atoms with Gasteiger partial charge in [0.2, 0.25) is 0 Å². The van der Waals surface area contributed by atoms with E-state index in [1.54, 1.807) is 18.4 Å². The van der Waals surface area contributed by atoms with Gasteiger partial charge in [-0.3, -0.25) is 0 Å². The largest absolute Gasteiger partial charge is 0.496 e. The van der Waals surface area contributed by atoms with E-state index in [1.807, 2.05) is 18.2 Å². The molecule has 1 atom stereocenters. The minimum atomic E-state index is -0.613. The predicted octanol–water partition coefficient (Wildman–Crippen LogP) is 4.48. The molecule has 0 spiro atoms. The van der Waals surface area contributed by atoms with Crippen LogP contribution in [0.25, 0.3) is 0 Å². The molecule has 1 heterocycles. The molecule has 2 aromatic rings. The van der Waals surface area contributed by atoms with Crippen LogP contribution in [0.2, 0.25) is 0 Å². The van der Waals surface area contributed by atoms with Crippen LogP contribution in [-0.2, 0) is 12.8 Å². The number of aliphatic hydroxyl groups excluding tert-OH is 1. The summed E-state index contributed by atoms with van der Waals surface area (Å²) in [6, 6.07) is 7.91. The van der Waals surface area contributed by atoms with Gasteiger partial charge in [0.25, 0.3) is 0 Å². The lowest BCUT2D eigenvalue weighted by Gasteiger charge is -2.14. The van der Waals surface area contributed by atoms with Crippen molar-refractivity contribution >= 4 is 27.3 Å². The van der Waals surface area contributed by atoms with Gasteiger partial charge in [-0.05, 0) is 55.5 Å². The average Bonchev–Trinajstić information content (AvgIpc) is 2.90. The summed E-state index contributed by atoms with van der Waals surface area (Å²) in [5.74, 6) is 0.729. The van der Waals surface area contributed by atoms with E-state index in [0.717, 1.165) is 33.5 Å². The van der Waals surface area contributed by atoms with Gasteiger partial charge in [0.05, 0.1) is 7.11 Å². The van der Waals surface area contributed by atoms with Gasteiger partial charge >= 0.3 is 0 Å². The van der Waals surface area contributed by atoms with Crippen LogP contribution in [-0.4, -0.2) is 12.2 Å². The molecular formula is C16H17BrO2S. The summed E-state index contributed by atoms with van der Waals surface area (Å²) in [5.41, 5.74) is 2.24. The molecule has 0 saturated heterocycles. The summed E-state index contributed by atoms with van der Waals surface area (Å²) in [4.78, 5) is 2.47. The molecule has 106 valence electrons. The Bertz CT molecular complexity index is 597. The lowest BCUT2D eigenvalue weighted by atomic mass is 9.98. The van der Waals surface area contributed by atoms with Crippen molar-refractivity contribution < 1.29 is 9.84 Å². The Labute approximate surface area is 131 Å². The van der Waals surface area contributed by atoms with Crippen molar-refractivity contribution in [3.8, 4) is 5.75 Å². The first kappa shape index (κ1) is 14.1. The predicted molar refractivity (Wildman–Crippen MR) is 85.7 cm³/mol. The summed E-state index contributed by atoms with van der Waals surface area (Å²) >= 11 is 5.20. The molecule has 3 rings (SSSR count). The fourth-order valence-corrected chi connectivity index (χ4v) is 4.36. The second-order valence-electron chi connectivity index (χ2n) is 5.09. The second-order valence-corrected chi connectivity index (χ2v) is 7.18. The number of rotatable bonds is 3. The fourth-order valence-electron chi connectivity index (χ4n) is 2.72. The monoisotopic (exact) mass is 352 g/mol. The summed E-state index contributed by atoms with van der Waals surface area (Å²) in [6.07, 6.45) is 4.22. The number of thiophene rings is 1. The van der Waals surface area contributed by atoms with Gasteiger partial charge in [-0.25, -0.2) is 0 Å². The summed E-state index contributed by atoms with van der Waals surface area (Å²) in [5, 5.41) is 10.7. The first-order chi connectivity index (χ1) is 9.69. The highest BCUT2D eigenvalue weighted by molar-refractivity contribution is 9.10. The lowest BCUT2D eigenvalue weighted by molar-refractivity contribution is 0.218. The van der Waals surface area contributed by atoms with Gasteiger partial charge in [0.1, 0.15) is 11.9 Å². The Morgan fingerprint density at radius 3 is 2.80 bits per heavy atom. The number of benzene rings is 1. The molecule has 1 aliphatic carbocycles. The van der Waals surface area contributed by atoms with Gasteiger partial charge in [0.15, 0.2) is 0 Å². The Kier molecular flexibility index (Phi) is 4.15. The minimum absolute atomic E-state index is 0.613. The van der Waals surface area contributed by atoms with Crippen molar-refractivity contribution in [2.45, 2.75) is 31.8 Å². The quantitative estimate of drug-likeness (QED) is 0.882. The zero-order valence-corrected chi connectivity index (χ0v) is 13.8. The SMILES string of the molecule is COc1ccc(Br)cc1C(O)c1cc2c(s1)CCCC2. The molecule has 1 N–H and O–H groups in total. The Morgan fingerprint density at radius 2 is 2.05 bits per heavy atom. The highest BCUT2D eigenvalue weighted by atomic mass is 79.9. The fraction of sp³-hybridized carbons (Fsp3) is 0.375. The molecule has 1 aliphatic rings. The number of ether oxygens (including phenoxy) is 1. The third-order valence-electron chi connectivity index (χ3n) is 3.77. The van der Waals surface area contributed by atoms with Crippen molar-refractivity contribution in [3.63, 3.8) is 0 Å². The number of hydrogen-bond acceptors (Lipinski definition) is 3. The van der Waals surface area contributed by atoms with E-state index in [-0.39, 0.29) is 0 Å². The van der Waals surface area contributed by atoms with Crippen LogP contribution in [0.1, 0.15) is 39.8 Å². The molecule has 2 nitrogen and oxygen atoms in total. The number of hydrogen-bond donors (Lipinski definition) is 1. The molecule has 0 bridgehead atoms. The normalized spacial score (nSPS) is 15.8. The maximum atomic E-state index is 10.7. The van der Waals surface area contributed by atoms with Gasteiger partial charge in [-0.1, -0.05) is 15.9 Å². The van der Waals surface area contributed by atoms with Crippen LogP contribution in [0, 0.1) is 0 Å².